The van der Waals surface area contributed by atoms with E-state index in [1.54, 1.807) is 48.5 Å². The van der Waals surface area contributed by atoms with Crippen molar-refractivity contribution in [3.63, 3.8) is 0 Å². The van der Waals surface area contributed by atoms with Crippen LogP contribution in [0.1, 0.15) is 16.7 Å². The zero-order valence-corrected chi connectivity index (χ0v) is 19.3. The van der Waals surface area contributed by atoms with Crippen LogP contribution in [0.25, 0.3) is 6.08 Å². The molecule has 1 N–H and O–H groups in total. The molecular weight excluding hydrogens is 522 g/mol. The lowest BCUT2D eigenvalue weighted by Crippen LogP contribution is -2.13. The van der Waals surface area contributed by atoms with Gasteiger partial charge in [0.2, 0.25) is 0 Å². The molecular formula is C24H15Br2N3O2. The van der Waals surface area contributed by atoms with E-state index in [4.69, 9.17) is 4.74 Å². The number of carbonyl (C=O) groups excluding carboxylic acids is 1. The van der Waals surface area contributed by atoms with Crippen molar-refractivity contribution in [1.82, 2.24) is 0 Å². The number of rotatable bonds is 6. The monoisotopic (exact) mass is 535 g/mol. The van der Waals surface area contributed by atoms with Gasteiger partial charge < -0.3 is 10.1 Å². The molecule has 1 amide bonds. The van der Waals surface area contributed by atoms with Crippen molar-refractivity contribution in [2.45, 2.75) is 6.61 Å². The van der Waals surface area contributed by atoms with Gasteiger partial charge in [0.25, 0.3) is 5.91 Å². The van der Waals surface area contributed by atoms with E-state index in [0.29, 0.717) is 22.6 Å². The maximum absolute atomic E-state index is 12.6. The van der Waals surface area contributed by atoms with E-state index in [0.717, 1.165) is 14.5 Å². The van der Waals surface area contributed by atoms with Crippen molar-refractivity contribution in [3.05, 3.63) is 97.9 Å². The number of ether oxygens (including phenoxy) is 1. The minimum absolute atomic E-state index is 0.0691. The van der Waals surface area contributed by atoms with Gasteiger partial charge in [-0.25, -0.2) is 0 Å². The molecule has 31 heavy (non-hydrogen) atoms. The van der Waals surface area contributed by atoms with Crippen molar-refractivity contribution in [2.75, 3.05) is 5.32 Å². The number of nitriles is 2. The molecule has 0 fully saturated rings. The lowest BCUT2D eigenvalue weighted by molar-refractivity contribution is -0.112. The molecule has 0 aliphatic rings. The maximum Gasteiger partial charge on any atom is 0.266 e. The second kappa shape index (κ2) is 10.6. The average Bonchev–Trinajstić information content (AvgIpc) is 2.77. The molecule has 0 bridgehead atoms. The second-order valence-corrected chi connectivity index (χ2v) is 8.21. The third kappa shape index (κ3) is 6.05. The molecule has 0 spiro atoms. The topological polar surface area (TPSA) is 85.9 Å². The van der Waals surface area contributed by atoms with Gasteiger partial charge in [-0.05, 0) is 48.5 Å². The smallest absolute Gasteiger partial charge is 0.266 e. The predicted molar refractivity (Wildman–Crippen MR) is 126 cm³/mol. The molecule has 0 aliphatic heterocycles. The molecule has 7 heteroatoms. The molecule has 0 aliphatic carbocycles. The molecule has 0 radical (unpaired) electrons. The van der Waals surface area contributed by atoms with E-state index in [1.807, 2.05) is 24.3 Å². The van der Waals surface area contributed by atoms with E-state index in [9.17, 15) is 15.3 Å². The zero-order valence-electron chi connectivity index (χ0n) is 16.1. The van der Waals surface area contributed by atoms with E-state index in [-0.39, 0.29) is 12.2 Å². The Morgan fingerprint density at radius 3 is 2.52 bits per heavy atom. The number of anilines is 1. The molecule has 3 aromatic rings. The second-order valence-electron chi connectivity index (χ2n) is 6.37. The van der Waals surface area contributed by atoms with Gasteiger partial charge in [0.1, 0.15) is 24.0 Å². The maximum atomic E-state index is 12.6. The summed E-state index contributed by atoms with van der Waals surface area (Å²) in [6.45, 7) is 0.179. The van der Waals surface area contributed by atoms with Gasteiger partial charge in [-0.1, -0.05) is 56.1 Å². The summed E-state index contributed by atoms with van der Waals surface area (Å²) < 4.78 is 7.50. The normalized spacial score (nSPS) is 10.6. The fourth-order valence-corrected chi connectivity index (χ4v) is 3.52. The number of halogens is 2. The van der Waals surface area contributed by atoms with E-state index in [2.05, 4.69) is 43.2 Å². The zero-order chi connectivity index (χ0) is 22.2. The molecule has 3 aromatic carbocycles. The first-order valence-corrected chi connectivity index (χ1v) is 10.7. The van der Waals surface area contributed by atoms with Gasteiger partial charge in [0.15, 0.2) is 0 Å². The highest BCUT2D eigenvalue weighted by atomic mass is 79.9. The van der Waals surface area contributed by atoms with Crippen LogP contribution < -0.4 is 10.1 Å². The lowest BCUT2D eigenvalue weighted by atomic mass is 10.1. The van der Waals surface area contributed by atoms with Gasteiger partial charge in [0, 0.05) is 25.8 Å². The summed E-state index contributed by atoms with van der Waals surface area (Å²) in [5, 5.41) is 21.5. The Morgan fingerprint density at radius 2 is 1.77 bits per heavy atom. The minimum Gasteiger partial charge on any atom is -0.488 e. The highest BCUT2D eigenvalue weighted by molar-refractivity contribution is 9.10. The van der Waals surface area contributed by atoms with Crippen molar-refractivity contribution >= 4 is 49.5 Å². The molecule has 0 saturated heterocycles. The summed E-state index contributed by atoms with van der Waals surface area (Å²) in [7, 11) is 0. The van der Waals surface area contributed by atoms with E-state index >= 15 is 0 Å². The highest BCUT2D eigenvalue weighted by Crippen LogP contribution is 2.27. The first-order chi connectivity index (χ1) is 15.0. The van der Waals surface area contributed by atoms with Gasteiger partial charge >= 0.3 is 0 Å². The van der Waals surface area contributed by atoms with Crippen LogP contribution in [-0.2, 0) is 11.4 Å². The van der Waals surface area contributed by atoms with Crippen LogP contribution in [0.5, 0.6) is 5.75 Å². The molecule has 5 nitrogen and oxygen atoms in total. The van der Waals surface area contributed by atoms with Crippen LogP contribution in [0.3, 0.4) is 0 Å². The van der Waals surface area contributed by atoms with Crippen LogP contribution in [-0.4, -0.2) is 5.91 Å². The van der Waals surface area contributed by atoms with Crippen LogP contribution in [0, 0.1) is 22.7 Å². The summed E-state index contributed by atoms with van der Waals surface area (Å²) in [6, 6.07) is 23.7. The summed E-state index contributed by atoms with van der Waals surface area (Å²) in [5.41, 5.74) is 2.34. The Bertz CT molecular complexity index is 1240. The summed E-state index contributed by atoms with van der Waals surface area (Å²) in [5.74, 6) is -0.0414. The number of benzene rings is 3. The number of carbonyl (C=O) groups is 1. The van der Waals surface area contributed by atoms with Crippen molar-refractivity contribution in [3.8, 4) is 17.9 Å². The molecule has 0 heterocycles. The molecule has 3 rings (SSSR count). The Labute approximate surface area is 196 Å². The Balaban J connectivity index is 1.86. The third-order valence-corrected chi connectivity index (χ3v) is 5.23. The van der Waals surface area contributed by atoms with Crippen molar-refractivity contribution < 1.29 is 9.53 Å². The Morgan fingerprint density at radius 1 is 1.00 bits per heavy atom. The van der Waals surface area contributed by atoms with Gasteiger partial charge in [-0.3, -0.25) is 4.79 Å². The minimum atomic E-state index is -0.527. The SMILES string of the molecule is N#C/C(=C/c1cc(Br)ccc1OCc1ccccc1C#N)C(=O)Nc1cccc(Br)c1. The molecule has 0 aromatic heterocycles. The van der Waals surface area contributed by atoms with E-state index in [1.165, 1.54) is 6.08 Å². The molecule has 0 unspecified atom stereocenters. The quantitative estimate of drug-likeness (QED) is 0.300. The van der Waals surface area contributed by atoms with Gasteiger partial charge in [-0.15, -0.1) is 0 Å². The van der Waals surface area contributed by atoms with E-state index < -0.39 is 5.91 Å². The highest BCUT2D eigenvalue weighted by Gasteiger charge is 2.13. The molecule has 152 valence electrons. The number of hydrogen-bond acceptors (Lipinski definition) is 4. The number of nitrogens with one attached hydrogen (secondary N) is 1. The fourth-order valence-electron chi connectivity index (χ4n) is 2.74. The van der Waals surface area contributed by atoms with Gasteiger partial charge in [0.05, 0.1) is 11.6 Å². The summed E-state index contributed by atoms with van der Waals surface area (Å²) >= 11 is 6.76. The summed E-state index contributed by atoms with van der Waals surface area (Å²) in [6.07, 6.45) is 1.48. The predicted octanol–water partition coefficient (Wildman–Crippen LogP) is 6.21. The van der Waals surface area contributed by atoms with Crippen LogP contribution in [0.4, 0.5) is 5.69 Å². The average molecular weight is 537 g/mol. The Kier molecular flexibility index (Phi) is 7.61. The summed E-state index contributed by atoms with van der Waals surface area (Å²) in [4.78, 5) is 12.6. The van der Waals surface area contributed by atoms with Crippen LogP contribution in [0.15, 0.2) is 81.2 Å². The first-order valence-electron chi connectivity index (χ1n) is 9.09. The largest absolute Gasteiger partial charge is 0.488 e. The first kappa shape index (κ1) is 22.3. The van der Waals surface area contributed by atoms with Crippen LogP contribution >= 0.6 is 31.9 Å². The number of amides is 1. The number of hydrogen-bond donors (Lipinski definition) is 1. The lowest BCUT2D eigenvalue weighted by Gasteiger charge is -2.11. The molecule has 0 saturated carbocycles. The van der Waals surface area contributed by atoms with Gasteiger partial charge in [-0.2, -0.15) is 10.5 Å². The standard InChI is InChI=1S/C24H15Br2N3O2/c25-20-6-3-7-22(12-20)29-24(30)19(14-28)10-18-11-21(26)8-9-23(18)31-15-17-5-2-1-4-16(17)13-27/h1-12H,15H2,(H,29,30)/b19-10-. The molecule has 0 atom stereocenters. The third-order valence-electron chi connectivity index (χ3n) is 4.24. The van der Waals surface area contributed by atoms with Crippen molar-refractivity contribution in [2.24, 2.45) is 0 Å². The van der Waals surface area contributed by atoms with Crippen LogP contribution in [0.2, 0.25) is 0 Å². The fraction of sp³-hybridized carbons (Fsp3) is 0.0417. The number of nitrogens with zero attached hydrogens (tertiary/aromatic N) is 2. The van der Waals surface area contributed by atoms with Crippen molar-refractivity contribution in [1.29, 1.82) is 10.5 Å². The Hall–Kier alpha value is -3.39.